The third-order valence-corrected chi connectivity index (χ3v) is 8.62. The Bertz CT molecular complexity index is 1270. The Morgan fingerprint density at radius 1 is 1.09 bits per heavy atom. The molecule has 0 radical (unpaired) electrons. The highest BCUT2D eigenvalue weighted by Gasteiger charge is 2.49. The van der Waals surface area contributed by atoms with Gasteiger partial charge in [-0.2, -0.15) is 15.0 Å². The van der Waals surface area contributed by atoms with Crippen molar-refractivity contribution in [2.75, 3.05) is 11.1 Å². The van der Waals surface area contributed by atoms with Crippen LogP contribution in [0.15, 0.2) is 35.7 Å². The lowest BCUT2D eigenvalue weighted by atomic mass is 9.94. The van der Waals surface area contributed by atoms with Crippen molar-refractivity contribution in [3.8, 4) is 0 Å². The number of nitrogens with zero attached hydrogens (tertiary/aromatic N) is 4. The maximum absolute atomic E-state index is 14.8. The van der Waals surface area contributed by atoms with Crippen LogP contribution in [0.1, 0.15) is 26.3 Å². The molecule has 0 fully saturated rings. The topological polar surface area (TPSA) is 130 Å². The van der Waals surface area contributed by atoms with E-state index in [-0.39, 0.29) is 38.9 Å². The minimum absolute atomic E-state index is 0.0105. The average molecular weight is 483 g/mol. The summed E-state index contributed by atoms with van der Waals surface area (Å²) in [5.74, 6) is -1.43. The molecule has 0 aromatic carbocycles. The molecule has 0 unspecified atom stereocenters. The lowest BCUT2D eigenvalue weighted by Crippen LogP contribution is -2.52. The number of aromatic nitrogens is 3. The van der Waals surface area contributed by atoms with E-state index in [2.05, 4.69) is 25.3 Å². The summed E-state index contributed by atoms with van der Waals surface area (Å²) in [6.07, 6.45) is 3.61. The Balaban J connectivity index is 1.78. The lowest BCUT2D eigenvalue weighted by molar-refractivity contribution is 0.413. The zero-order valence-corrected chi connectivity index (χ0v) is 19.0. The molecule has 8 nitrogen and oxygen atoms in total. The SMILES string of the molecule is CC1(C)C(N)=N[C@](C)(c2cc(Nc3ncc(F)c4cc(Cl)cnc34)cnc2F)CS1(O)O. The van der Waals surface area contributed by atoms with Crippen molar-refractivity contribution in [3.63, 3.8) is 0 Å². The molecule has 3 aromatic rings. The predicted molar refractivity (Wildman–Crippen MR) is 123 cm³/mol. The van der Waals surface area contributed by atoms with Crippen LogP contribution in [-0.4, -0.2) is 40.4 Å². The second kappa shape index (κ2) is 7.48. The number of fused-ring (bicyclic) bond motifs is 1. The summed E-state index contributed by atoms with van der Waals surface area (Å²) in [6, 6.07) is 2.85. The van der Waals surface area contributed by atoms with E-state index in [1.165, 1.54) is 24.5 Å². The fourth-order valence-corrected chi connectivity index (χ4v) is 5.40. The van der Waals surface area contributed by atoms with Gasteiger partial charge in [0, 0.05) is 17.1 Å². The normalized spacial score (nSPS) is 22.9. The number of hydrogen-bond donors (Lipinski definition) is 4. The number of amidine groups is 1. The van der Waals surface area contributed by atoms with Gasteiger partial charge in [0.25, 0.3) is 0 Å². The summed E-state index contributed by atoms with van der Waals surface area (Å²) in [5.41, 5.74) is 5.22. The first-order valence-electron chi connectivity index (χ1n) is 9.48. The molecule has 12 heteroatoms. The minimum atomic E-state index is -3.24. The fourth-order valence-electron chi connectivity index (χ4n) is 3.49. The van der Waals surface area contributed by atoms with Crippen LogP contribution in [0, 0.1) is 11.8 Å². The van der Waals surface area contributed by atoms with Crippen LogP contribution in [-0.2, 0) is 5.54 Å². The van der Waals surface area contributed by atoms with E-state index in [1.807, 2.05) is 0 Å². The van der Waals surface area contributed by atoms with Crippen LogP contribution in [0.25, 0.3) is 10.9 Å². The zero-order valence-electron chi connectivity index (χ0n) is 17.4. The smallest absolute Gasteiger partial charge is 0.218 e. The van der Waals surface area contributed by atoms with Gasteiger partial charge in [0.05, 0.1) is 28.9 Å². The number of nitrogens with one attached hydrogen (secondary N) is 1. The van der Waals surface area contributed by atoms with Gasteiger partial charge >= 0.3 is 0 Å². The molecule has 0 amide bonds. The van der Waals surface area contributed by atoms with Crippen LogP contribution < -0.4 is 11.1 Å². The van der Waals surface area contributed by atoms with Gasteiger partial charge in [-0.25, -0.2) is 14.4 Å². The number of pyridine rings is 3. The van der Waals surface area contributed by atoms with Crippen LogP contribution >= 0.6 is 22.2 Å². The summed E-state index contributed by atoms with van der Waals surface area (Å²) >= 11 is 5.91. The van der Waals surface area contributed by atoms with Crippen LogP contribution in [0.4, 0.5) is 20.3 Å². The third kappa shape index (κ3) is 3.64. The van der Waals surface area contributed by atoms with E-state index in [0.29, 0.717) is 5.69 Å². The minimum Gasteiger partial charge on any atom is -0.386 e. The molecular weight excluding hydrogens is 462 g/mol. The maximum atomic E-state index is 14.8. The van der Waals surface area contributed by atoms with Crippen molar-refractivity contribution in [1.82, 2.24) is 15.0 Å². The molecule has 0 bridgehead atoms. The highest BCUT2D eigenvalue weighted by molar-refractivity contribution is 8.26. The summed E-state index contributed by atoms with van der Waals surface area (Å²) in [7, 11) is -3.24. The third-order valence-electron chi connectivity index (χ3n) is 5.61. The highest BCUT2D eigenvalue weighted by atomic mass is 35.5. The Morgan fingerprint density at radius 3 is 2.50 bits per heavy atom. The van der Waals surface area contributed by atoms with Gasteiger partial charge in [-0.15, -0.1) is 0 Å². The molecule has 170 valence electrons. The Hall–Kier alpha value is -2.60. The zero-order chi connectivity index (χ0) is 23.5. The number of hydrogen-bond acceptors (Lipinski definition) is 8. The summed E-state index contributed by atoms with van der Waals surface area (Å²) < 4.78 is 49.1. The van der Waals surface area contributed by atoms with E-state index >= 15 is 0 Å². The molecule has 4 heterocycles. The Morgan fingerprint density at radius 2 is 1.81 bits per heavy atom. The van der Waals surface area contributed by atoms with Gasteiger partial charge in [-0.05, 0) is 32.9 Å². The molecule has 0 aliphatic carbocycles. The maximum Gasteiger partial charge on any atom is 0.218 e. The second-order valence-electron chi connectivity index (χ2n) is 8.28. The van der Waals surface area contributed by atoms with Gasteiger partial charge in [-0.1, -0.05) is 11.6 Å². The monoisotopic (exact) mass is 482 g/mol. The lowest BCUT2D eigenvalue weighted by Gasteiger charge is -2.53. The molecule has 4 rings (SSSR count). The fraction of sp³-hybridized carbons (Fsp3) is 0.300. The van der Waals surface area contributed by atoms with Crippen molar-refractivity contribution in [2.24, 2.45) is 10.7 Å². The highest BCUT2D eigenvalue weighted by Crippen LogP contribution is 2.59. The number of aliphatic imine (C=N–C) groups is 1. The van der Waals surface area contributed by atoms with Crippen molar-refractivity contribution >= 4 is 50.4 Å². The largest absolute Gasteiger partial charge is 0.386 e. The van der Waals surface area contributed by atoms with E-state index < -0.39 is 32.6 Å². The molecule has 1 aliphatic rings. The summed E-state index contributed by atoms with van der Waals surface area (Å²) in [6.45, 7) is 4.72. The average Bonchev–Trinajstić information content (AvgIpc) is 2.70. The number of rotatable bonds is 3. The first-order valence-corrected chi connectivity index (χ1v) is 11.6. The molecule has 1 atom stereocenters. The molecular formula is C20H21ClF2N6O2S. The Labute approximate surface area is 189 Å². The first kappa shape index (κ1) is 22.6. The molecule has 1 aliphatic heterocycles. The van der Waals surface area contributed by atoms with E-state index in [4.69, 9.17) is 17.3 Å². The van der Waals surface area contributed by atoms with E-state index in [9.17, 15) is 17.9 Å². The van der Waals surface area contributed by atoms with Gasteiger partial charge in [0.15, 0.2) is 11.6 Å². The predicted octanol–water partition coefficient (Wildman–Crippen LogP) is 4.82. The molecule has 0 saturated carbocycles. The van der Waals surface area contributed by atoms with E-state index in [0.717, 1.165) is 6.20 Å². The van der Waals surface area contributed by atoms with Gasteiger partial charge in [0.2, 0.25) is 5.95 Å². The number of halogens is 3. The quantitative estimate of drug-likeness (QED) is 0.394. The first-order chi connectivity index (χ1) is 14.8. The van der Waals surface area contributed by atoms with Gasteiger partial charge in [0.1, 0.15) is 21.6 Å². The summed E-state index contributed by atoms with van der Waals surface area (Å²) in [4.78, 5) is 16.4. The van der Waals surface area contributed by atoms with Gasteiger partial charge < -0.3 is 11.1 Å². The second-order valence-corrected chi connectivity index (χ2v) is 11.4. The van der Waals surface area contributed by atoms with Crippen molar-refractivity contribution in [2.45, 2.75) is 31.1 Å². The van der Waals surface area contributed by atoms with Gasteiger partial charge in [-0.3, -0.25) is 19.1 Å². The molecule has 5 N–H and O–H groups in total. The van der Waals surface area contributed by atoms with Crippen molar-refractivity contribution in [1.29, 1.82) is 0 Å². The number of nitrogens with two attached hydrogens (primary N) is 1. The van der Waals surface area contributed by atoms with E-state index in [1.54, 1.807) is 20.8 Å². The van der Waals surface area contributed by atoms with Crippen molar-refractivity contribution < 1.29 is 17.9 Å². The molecule has 0 spiro atoms. The number of anilines is 2. The molecule has 3 aromatic heterocycles. The van der Waals surface area contributed by atoms with Crippen LogP contribution in [0.3, 0.4) is 0 Å². The Kier molecular flexibility index (Phi) is 5.28. The van der Waals surface area contributed by atoms with Crippen LogP contribution in [0.2, 0.25) is 5.02 Å². The summed E-state index contributed by atoms with van der Waals surface area (Å²) in [5, 5.41) is 3.39. The molecule has 0 saturated heterocycles. The van der Waals surface area contributed by atoms with Crippen LogP contribution in [0.5, 0.6) is 0 Å². The standard InChI is InChI=1S/C20H21ClF2N6O2S/c1-19(2)18(24)29-20(3,9-32(19,30)31)13-5-11(7-26-16(13)23)28-17-15-12(14(22)8-27-17)4-10(21)6-25-15/h4-8,30-31H,9H2,1-3H3,(H2,24,29)(H,27,28)/t20-/m0/s1. The van der Waals surface area contributed by atoms with Crippen molar-refractivity contribution in [3.05, 3.63) is 53.1 Å². The molecule has 32 heavy (non-hydrogen) atoms.